The first-order chi connectivity index (χ1) is 12.3. The first kappa shape index (κ1) is 20.1. The van der Waals surface area contributed by atoms with Gasteiger partial charge in [-0.15, -0.1) is 0 Å². The van der Waals surface area contributed by atoms with Gasteiger partial charge in [-0.05, 0) is 50.3 Å². The molecule has 4 nitrogen and oxygen atoms in total. The van der Waals surface area contributed by atoms with Crippen LogP contribution >= 0.6 is 11.8 Å². The van der Waals surface area contributed by atoms with Gasteiger partial charge in [0.2, 0.25) is 0 Å². The minimum atomic E-state index is 0.574. The van der Waals surface area contributed by atoms with E-state index in [9.17, 15) is 0 Å². The highest BCUT2D eigenvalue weighted by atomic mass is 32.2. The molecule has 0 radical (unpaired) electrons. The van der Waals surface area contributed by atoms with Gasteiger partial charge in [0.15, 0.2) is 5.96 Å². The van der Waals surface area contributed by atoms with Crippen LogP contribution < -0.4 is 10.6 Å². The van der Waals surface area contributed by atoms with Gasteiger partial charge in [0.05, 0.1) is 6.61 Å². The fourth-order valence-electron chi connectivity index (χ4n) is 3.15. The van der Waals surface area contributed by atoms with Crippen molar-refractivity contribution in [3.63, 3.8) is 0 Å². The summed E-state index contributed by atoms with van der Waals surface area (Å²) in [5, 5.41) is 7.78. The standard InChI is InChI=1S/C20H33N3OS/c1-21-20(23-18-10-11-19(16-18)25-2)22-13-6-7-14-24-15-12-17-8-4-3-5-9-17/h3-5,8-9,18-19H,6-7,10-16H2,1-2H3,(H2,21,22,23). The van der Waals surface area contributed by atoms with Crippen LogP contribution in [0.2, 0.25) is 0 Å². The van der Waals surface area contributed by atoms with Gasteiger partial charge in [-0.2, -0.15) is 11.8 Å². The Balaban J connectivity index is 1.46. The van der Waals surface area contributed by atoms with Crippen LogP contribution in [0.4, 0.5) is 0 Å². The van der Waals surface area contributed by atoms with E-state index in [2.05, 4.69) is 46.1 Å². The minimum Gasteiger partial charge on any atom is -0.381 e. The van der Waals surface area contributed by atoms with Crippen LogP contribution in [0.5, 0.6) is 0 Å². The molecule has 1 fully saturated rings. The van der Waals surface area contributed by atoms with Gasteiger partial charge in [0.25, 0.3) is 0 Å². The zero-order valence-electron chi connectivity index (χ0n) is 15.7. The third-order valence-corrected chi connectivity index (χ3v) is 5.76. The van der Waals surface area contributed by atoms with Crippen LogP contribution in [0.3, 0.4) is 0 Å². The smallest absolute Gasteiger partial charge is 0.191 e. The molecule has 1 aliphatic rings. The molecule has 2 rings (SSSR count). The fraction of sp³-hybridized carbons (Fsp3) is 0.650. The molecule has 2 atom stereocenters. The Morgan fingerprint density at radius 2 is 2.04 bits per heavy atom. The maximum absolute atomic E-state index is 5.73. The number of unbranched alkanes of at least 4 members (excludes halogenated alkanes) is 1. The molecule has 0 saturated heterocycles. The quantitative estimate of drug-likeness (QED) is 0.380. The largest absolute Gasteiger partial charge is 0.381 e. The van der Waals surface area contributed by atoms with E-state index in [1.807, 2.05) is 24.9 Å². The average Bonchev–Trinajstić information content (AvgIpc) is 3.11. The number of rotatable bonds is 10. The third kappa shape index (κ3) is 8.15. The van der Waals surface area contributed by atoms with Crippen molar-refractivity contribution in [2.45, 2.75) is 49.8 Å². The molecule has 1 aromatic carbocycles. The Morgan fingerprint density at radius 1 is 1.20 bits per heavy atom. The summed E-state index contributed by atoms with van der Waals surface area (Å²) in [6.07, 6.45) is 9.20. The zero-order valence-corrected chi connectivity index (χ0v) is 16.5. The summed E-state index contributed by atoms with van der Waals surface area (Å²) in [4.78, 5) is 4.34. The third-order valence-electron chi connectivity index (χ3n) is 4.67. The van der Waals surface area contributed by atoms with Crippen LogP contribution in [0.15, 0.2) is 35.3 Å². The summed E-state index contributed by atoms with van der Waals surface area (Å²) in [5.41, 5.74) is 1.34. The lowest BCUT2D eigenvalue weighted by Crippen LogP contribution is -2.42. The van der Waals surface area contributed by atoms with E-state index in [0.717, 1.165) is 50.2 Å². The number of benzene rings is 1. The minimum absolute atomic E-state index is 0.574. The molecular formula is C20H33N3OS. The van der Waals surface area contributed by atoms with Crippen molar-refractivity contribution in [2.75, 3.05) is 33.1 Å². The Labute approximate surface area is 157 Å². The van der Waals surface area contributed by atoms with Crippen LogP contribution in [0.25, 0.3) is 0 Å². The number of thioether (sulfide) groups is 1. The van der Waals surface area contributed by atoms with E-state index in [-0.39, 0.29) is 0 Å². The van der Waals surface area contributed by atoms with Crippen LogP contribution in [-0.2, 0) is 11.2 Å². The van der Waals surface area contributed by atoms with Crippen molar-refractivity contribution in [1.82, 2.24) is 10.6 Å². The van der Waals surface area contributed by atoms with Gasteiger partial charge in [0, 0.05) is 31.5 Å². The molecule has 0 spiro atoms. The predicted octanol–water partition coefficient (Wildman–Crippen LogP) is 3.48. The van der Waals surface area contributed by atoms with E-state index < -0.39 is 0 Å². The maximum atomic E-state index is 5.73. The summed E-state index contributed by atoms with van der Waals surface area (Å²) in [7, 11) is 1.85. The van der Waals surface area contributed by atoms with Crippen molar-refractivity contribution >= 4 is 17.7 Å². The number of hydrogen-bond acceptors (Lipinski definition) is 3. The molecule has 2 N–H and O–H groups in total. The number of aliphatic imine (C=N–C) groups is 1. The van der Waals surface area contributed by atoms with E-state index in [4.69, 9.17) is 4.74 Å². The van der Waals surface area contributed by atoms with Gasteiger partial charge in [-0.25, -0.2) is 0 Å². The lowest BCUT2D eigenvalue weighted by Gasteiger charge is -2.17. The Bertz CT molecular complexity index is 495. The summed E-state index contributed by atoms with van der Waals surface area (Å²) in [5.74, 6) is 0.941. The first-order valence-corrected chi connectivity index (χ1v) is 10.7. The molecular weight excluding hydrogens is 330 g/mol. The number of guanidine groups is 1. The molecule has 0 heterocycles. The summed E-state index contributed by atoms with van der Waals surface area (Å²) in [6.45, 7) is 2.58. The van der Waals surface area contributed by atoms with Crippen molar-refractivity contribution < 1.29 is 4.74 Å². The van der Waals surface area contributed by atoms with Gasteiger partial charge in [-0.1, -0.05) is 30.3 Å². The van der Waals surface area contributed by atoms with E-state index in [0.29, 0.717) is 6.04 Å². The van der Waals surface area contributed by atoms with Gasteiger partial charge >= 0.3 is 0 Å². The van der Waals surface area contributed by atoms with E-state index in [1.54, 1.807) is 0 Å². The SMILES string of the molecule is CN=C(NCCCCOCCc1ccccc1)NC1CCC(SC)C1. The molecule has 0 aliphatic heterocycles. The van der Waals surface area contributed by atoms with E-state index >= 15 is 0 Å². The van der Waals surface area contributed by atoms with Gasteiger partial charge in [0.1, 0.15) is 0 Å². The molecule has 5 heteroatoms. The van der Waals surface area contributed by atoms with Crippen LogP contribution in [0.1, 0.15) is 37.7 Å². The first-order valence-electron chi connectivity index (χ1n) is 9.43. The monoisotopic (exact) mass is 363 g/mol. The second kappa shape index (κ2) is 12.2. The number of hydrogen-bond donors (Lipinski definition) is 2. The number of nitrogens with zero attached hydrogens (tertiary/aromatic N) is 1. The molecule has 0 aromatic heterocycles. The highest BCUT2D eigenvalue weighted by molar-refractivity contribution is 7.99. The Kier molecular flexibility index (Phi) is 9.82. The molecule has 1 aromatic rings. The summed E-state index contributed by atoms with van der Waals surface area (Å²) < 4.78 is 5.73. The van der Waals surface area contributed by atoms with E-state index in [1.165, 1.54) is 24.8 Å². The van der Waals surface area contributed by atoms with Crippen LogP contribution in [-0.4, -0.2) is 50.3 Å². The number of ether oxygens (including phenoxy) is 1. The molecule has 0 amide bonds. The maximum Gasteiger partial charge on any atom is 0.191 e. The Hall–Kier alpha value is -1.20. The molecule has 0 bridgehead atoms. The van der Waals surface area contributed by atoms with Gasteiger partial charge in [-0.3, -0.25) is 4.99 Å². The topological polar surface area (TPSA) is 45.7 Å². The molecule has 25 heavy (non-hydrogen) atoms. The van der Waals surface area contributed by atoms with Crippen molar-refractivity contribution in [3.8, 4) is 0 Å². The highest BCUT2D eigenvalue weighted by Gasteiger charge is 2.24. The van der Waals surface area contributed by atoms with Crippen molar-refractivity contribution in [2.24, 2.45) is 4.99 Å². The van der Waals surface area contributed by atoms with Crippen molar-refractivity contribution in [3.05, 3.63) is 35.9 Å². The highest BCUT2D eigenvalue weighted by Crippen LogP contribution is 2.27. The normalized spacial score (nSPS) is 20.6. The lowest BCUT2D eigenvalue weighted by atomic mass is 10.2. The second-order valence-electron chi connectivity index (χ2n) is 6.57. The molecule has 1 aliphatic carbocycles. The summed E-state index contributed by atoms with van der Waals surface area (Å²) in [6, 6.07) is 11.1. The lowest BCUT2D eigenvalue weighted by molar-refractivity contribution is 0.133. The second-order valence-corrected chi connectivity index (χ2v) is 7.70. The van der Waals surface area contributed by atoms with Crippen LogP contribution in [0, 0.1) is 0 Å². The zero-order chi connectivity index (χ0) is 17.7. The van der Waals surface area contributed by atoms with Crippen molar-refractivity contribution in [1.29, 1.82) is 0 Å². The Morgan fingerprint density at radius 3 is 2.76 bits per heavy atom. The average molecular weight is 364 g/mol. The molecule has 2 unspecified atom stereocenters. The molecule has 1 saturated carbocycles. The molecule has 140 valence electrons. The fourth-order valence-corrected chi connectivity index (χ4v) is 3.94. The number of nitrogens with one attached hydrogen (secondary N) is 2. The predicted molar refractivity (Wildman–Crippen MR) is 110 cm³/mol. The van der Waals surface area contributed by atoms with Gasteiger partial charge < -0.3 is 15.4 Å². The summed E-state index contributed by atoms with van der Waals surface area (Å²) >= 11 is 1.99.